The SMILES string of the molecule is Cc1ccc(C(=O)OC(C)C(=O)Nc2ccc(S(=O)(=O)NC(C)C)cc2)c(O)c1. The quantitative estimate of drug-likeness (QED) is 0.592. The van der Waals surface area contributed by atoms with E-state index in [2.05, 4.69) is 10.0 Å². The van der Waals surface area contributed by atoms with E-state index in [1.807, 2.05) is 0 Å². The average molecular weight is 420 g/mol. The van der Waals surface area contributed by atoms with Gasteiger partial charge in [0.1, 0.15) is 11.3 Å². The van der Waals surface area contributed by atoms with Gasteiger partial charge in [0.15, 0.2) is 6.10 Å². The van der Waals surface area contributed by atoms with Crippen LogP contribution in [0.25, 0.3) is 0 Å². The summed E-state index contributed by atoms with van der Waals surface area (Å²) in [6, 6.07) is 9.84. The summed E-state index contributed by atoms with van der Waals surface area (Å²) in [5.41, 5.74) is 1.08. The first-order chi connectivity index (χ1) is 13.5. The summed E-state index contributed by atoms with van der Waals surface area (Å²) in [6.07, 6.45) is -1.13. The van der Waals surface area contributed by atoms with Crippen LogP contribution in [0.1, 0.15) is 36.7 Å². The second-order valence-electron chi connectivity index (χ2n) is 6.86. The number of esters is 1. The maximum atomic E-state index is 12.3. The van der Waals surface area contributed by atoms with Crippen LogP contribution in [0.3, 0.4) is 0 Å². The third kappa shape index (κ3) is 6.03. The molecular formula is C20H24N2O6S. The minimum absolute atomic E-state index is 0.0394. The molecule has 0 heterocycles. The first kappa shape index (κ1) is 22.4. The Morgan fingerprint density at radius 3 is 2.21 bits per heavy atom. The minimum atomic E-state index is -3.63. The van der Waals surface area contributed by atoms with E-state index in [4.69, 9.17) is 4.74 Å². The maximum Gasteiger partial charge on any atom is 0.342 e. The molecule has 2 rings (SSSR count). The van der Waals surface area contributed by atoms with Crippen LogP contribution >= 0.6 is 0 Å². The molecule has 1 amide bonds. The number of phenolic OH excluding ortho intramolecular Hbond substituents is 1. The number of sulfonamides is 1. The Hall–Kier alpha value is -2.91. The van der Waals surface area contributed by atoms with Gasteiger partial charge in [0.2, 0.25) is 10.0 Å². The summed E-state index contributed by atoms with van der Waals surface area (Å²) in [4.78, 5) is 24.5. The molecule has 0 saturated carbocycles. The van der Waals surface area contributed by atoms with Crippen LogP contribution in [0.15, 0.2) is 47.4 Å². The van der Waals surface area contributed by atoms with Crippen LogP contribution in [-0.4, -0.2) is 37.5 Å². The smallest absolute Gasteiger partial charge is 0.342 e. The van der Waals surface area contributed by atoms with Gasteiger partial charge in [-0.25, -0.2) is 17.9 Å². The Morgan fingerprint density at radius 2 is 1.66 bits per heavy atom. The molecule has 1 unspecified atom stereocenters. The number of nitrogens with one attached hydrogen (secondary N) is 2. The van der Waals surface area contributed by atoms with Crippen LogP contribution in [-0.2, 0) is 19.6 Å². The van der Waals surface area contributed by atoms with Gasteiger partial charge in [0, 0.05) is 11.7 Å². The van der Waals surface area contributed by atoms with E-state index in [0.29, 0.717) is 5.69 Å². The molecule has 0 radical (unpaired) electrons. The van der Waals surface area contributed by atoms with Crippen molar-refractivity contribution in [1.82, 2.24) is 4.72 Å². The van der Waals surface area contributed by atoms with Crippen molar-refractivity contribution in [3.63, 3.8) is 0 Å². The molecule has 0 spiro atoms. The highest BCUT2D eigenvalue weighted by molar-refractivity contribution is 7.89. The molecule has 0 aromatic heterocycles. The number of aromatic hydroxyl groups is 1. The standard InChI is InChI=1S/C20H24N2O6S/c1-12(2)22-29(26,27)16-8-6-15(7-9-16)21-19(24)14(4)28-20(25)17-10-5-13(3)11-18(17)23/h5-12,14,22-23H,1-4H3,(H,21,24). The number of benzene rings is 2. The van der Waals surface area contributed by atoms with Crippen molar-refractivity contribution in [2.75, 3.05) is 5.32 Å². The van der Waals surface area contributed by atoms with Gasteiger partial charge in [-0.1, -0.05) is 6.07 Å². The Labute approximate surface area is 169 Å². The number of carbonyl (C=O) groups excluding carboxylic acids is 2. The zero-order chi connectivity index (χ0) is 21.8. The van der Waals surface area contributed by atoms with Crippen LogP contribution < -0.4 is 10.0 Å². The van der Waals surface area contributed by atoms with Gasteiger partial charge in [-0.05, 0) is 69.7 Å². The predicted octanol–water partition coefficient (Wildman–Crippen LogP) is 2.57. The van der Waals surface area contributed by atoms with E-state index >= 15 is 0 Å². The van der Waals surface area contributed by atoms with E-state index in [0.717, 1.165) is 5.56 Å². The fourth-order valence-electron chi connectivity index (χ4n) is 2.43. The van der Waals surface area contributed by atoms with Crippen LogP contribution in [0.2, 0.25) is 0 Å². The molecule has 3 N–H and O–H groups in total. The van der Waals surface area contributed by atoms with Gasteiger partial charge in [-0.3, -0.25) is 4.79 Å². The normalized spacial score (nSPS) is 12.4. The maximum absolute atomic E-state index is 12.3. The molecule has 8 nitrogen and oxygen atoms in total. The summed E-state index contributed by atoms with van der Waals surface area (Å²) in [7, 11) is -3.63. The number of phenols is 1. The Bertz CT molecular complexity index is 1000. The molecule has 2 aromatic rings. The van der Waals surface area contributed by atoms with Crippen molar-refractivity contribution in [2.24, 2.45) is 0 Å². The Kier molecular flexibility index (Phi) is 6.99. The highest BCUT2D eigenvalue weighted by Gasteiger charge is 2.21. The zero-order valence-electron chi connectivity index (χ0n) is 16.6. The molecule has 2 aromatic carbocycles. The second kappa shape index (κ2) is 9.06. The lowest BCUT2D eigenvalue weighted by molar-refractivity contribution is -0.123. The van der Waals surface area contributed by atoms with Crippen LogP contribution in [0.5, 0.6) is 5.75 Å². The molecule has 0 fully saturated rings. The summed E-state index contributed by atoms with van der Waals surface area (Å²) in [5, 5.41) is 12.4. The number of aryl methyl sites for hydroxylation is 1. The number of ether oxygens (including phenoxy) is 1. The van der Waals surface area contributed by atoms with E-state index in [9.17, 15) is 23.1 Å². The predicted molar refractivity (Wildman–Crippen MR) is 108 cm³/mol. The molecule has 29 heavy (non-hydrogen) atoms. The van der Waals surface area contributed by atoms with Gasteiger partial charge in [0.05, 0.1) is 4.90 Å². The first-order valence-corrected chi connectivity index (χ1v) is 10.4. The van der Waals surface area contributed by atoms with Crippen molar-refractivity contribution >= 4 is 27.6 Å². The molecule has 9 heteroatoms. The Balaban J connectivity index is 2.01. The molecule has 0 bridgehead atoms. The van der Waals surface area contributed by atoms with Crippen LogP contribution in [0.4, 0.5) is 5.69 Å². The monoisotopic (exact) mass is 420 g/mol. The van der Waals surface area contributed by atoms with Gasteiger partial charge < -0.3 is 15.2 Å². The van der Waals surface area contributed by atoms with E-state index < -0.39 is 28.0 Å². The average Bonchev–Trinajstić information content (AvgIpc) is 2.60. The van der Waals surface area contributed by atoms with E-state index in [1.165, 1.54) is 43.3 Å². The van der Waals surface area contributed by atoms with Crippen molar-refractivity contribution in [3.05, 3.63) is 53.6 Å². The summed E-state index contributed by atoms with van der Waals surface area (Å²) < 4.78 is 31.8. The van der Waals surface area contributed by atoms with Crippen LogP contribution in [0, 0.1) is 6.92 Å². The molecule has 0 aliphatic carbocycles. The third-order valence-electron chi connectivity index (χ3n) is 3.85. The molecule has 1 atom stereocenters. The van der Waals surface area contributed by atoms with Crippen molar-refractivity contribution in [2.45, 2.75) is 44.7 Å². The zero-order valence-corrected chi connectivity index (χ0v) is 17.4. The molecule has 156 valence electrons. The number of anilines is 1. The number of carbonyl (C=O) groups is 2. The first-order valence-electron chi connectivity index (χ1n) is 8.93. The lowest BCUT2D eigenvalue weighted by Crippen LogP contribution is -2.30. The van der Waals surface area contributed by atoms with Crippen molar-refractivity contribution < 1.29 is 27.9 Å². The highest BCUT2D eigenvalue weighted by Crippen LogP contribution is 2.20. The van der Waals surface area contributed by atoms with Gasteiger partial charge in [0.25, 0.3) is 5.91 Å². The molecule has 0 aliphatic rings. The minimum Gasteiger partial charge on any atom is -0.507 e. The lowest BCUT2D eigenvalue weighted by Gasteiger charge is -2.15. The van der Waals surface area contributed by atoms with E-state index in [-0.39, 0.29) is 22.3 Å². The fraction of sp³-hybridized carbons (Fsp3) is 0.300. The topological polar surface area (TPSA) is 122 Å². The molecular weight excluding hydrogens is 396 g/mol. The molecule has 0 aliphatic heterocycles. The Morgan fingerprint density at radius 1 is 1.03 bits per heavy atom. The van der Waals surface area contributed by atoms with Gasteiger partial charge in [-0.2, -0.15) is 0 Å². The number of hydrogen-bond donors (Lipinski definition) is 3. The number of hydrogen-bond acceptors (Lipinski definition) is 6. The summed E-state index contributed by atoms with van der Waals surface area (Å²) >= 11 is 0. The fourth-order valence-corrected chi connectivity index (χ4v) is 3.68. The lowest BCUT2D eigenvalue weighted by atomic mass is 10.1. The molecule has 0 saturated heterocycles. The number of rotatable bonds is 7. The summed E-state index contributed by atoms with van der Waals surface area (Å²) in [6.45, 7) is 6.58. The van der Waals surface area contributed by atoms with Crippen molar-refractivity contribution in [3.8, 4) is 5.75 Å². The largest absolute Gasteiger partial charge is 0.507 e. The third-order valence-corrected chi connectivity index (χ3v) is 5.52. The van der Waals surface area contributed by atoms with Gasteiger partial charge in [-0.15, -0.1) is 0 Å². The second-order valence-corrected chi connectivity index (χ2v) is 8.57. The summed E-state index contributed by atoms with van der Waals surface area (Å²) in [5.74, 6) is -1.65. The highest BCUT2D eigenvalue weighted by atomic mass is 32.2. The van der Waals surface area contributed by atoms with Gasteiger partial charge >= 0.3 is 5.97 Å². The van der Waals surface area contributed by atoms with Crippen molar-refractivity contribution in [1.29, 1.82) is 0 Å². The van der Waals surface area contributed by atoms with E-state index in [1.54, 1.807) is 26.8 Å². The number of amides is 1.